The number of hydrazone groups is 1. The quantitative estimate of drug-likeness (QED) is 0.201. The summed E-state index contributed by atoms with van der Waals surface area (Å²) in [4.78, 5) is 0.628. The molecule has 0 aromatic rings. The van der Waals surface area contributed by atoms with E-state index in [-0.39, 0.29) is 0 Å². The number of hydrogen-bond acceptors (Lipinski definition) is 5. The fraction of sp³-hybridized carbons (Fsp3) is 0. The zero-order chi connectivity index (χ0) is 6.85. The van der Waals surface area contributed by atoms with Gasteiger partial charge in [-0.15, -0.1) is 12.6 Å². The molecule has 0 saturated carbocycles. The second kappa shape index (κ2) is 2.32. The minimum atomic E-state index is 0.423. The summed E-state index contributed by atoms with van der Waals surface area (Å²) in [6, 6.07) is 0. The molecule has 0 saturated heterocycles. The first-order valence-electron chi connectivity index (χ1n) is 2.22. The summed E-state index contributed by atoms with van der Waals surface area (Å²) in [6.07, 6.45) is 1.61. The molecule has 0 aliphatic carbocycles. The van der Waals surface area contributed by atoms with Crippen molar-refractivity contribution in [2.75, 3.05) is 0 Å². The smallest absolute Gasteiger partial charge is 0.290 e. The predicted molar refractivity (Wildman–Crippen MR) is 40.2 cm³/mol. The van der Waals surface area contributed by atoms with Gasteiger partial charge in [0.15, 0.2) is 0 Å². The minimum absolute atomic E-state index is 0.423. The van der Waals surface area contributed by atoms with Crippen LogP contribution in [-0.4, -0.2) is 9.93 Å². The Bertz CT molecular complexity index is 184. The topological polar surface area (TPSA) is 53.1 Å². The van der Waals surface area contributed by atoms with Crippen LogP contribution >= 0.6 is 12.6 Å². The van der Waals surface area contributed by atoms with Gasteiger partial charge in [0.05, 0.1) is 0 Å². The molecule has 9 heavy (non-hydrogen) atoms. The SMILES string of the molecule is NC1=[N+]([S-])NNC=C1S. The molecular formula is C3H6N4S2. The molecule has 4 N–H and O–H groups in total. The maximum Gasteiger partial charge on any atom is 0.290 e. The van der Waals surface area contributed by atoms with Crippen molar-refractivity contribution in [2.45, 2.75) is 0 Å². The number of nitrogens with two attached hydrogens (primary N) is 1. The van der Waals surface area contributed by atoms with E-state index in [9.17, 15) is 0 Å². The van der Waals surface area contributed by atoms with E-state index in [0.29, 0.717) is 10.7 Å². The van der Waals surface area contributed by atoms with E-state index in [1.54, 1.807) is 6.20 Å². The fourth-order valence-electron chi connectivity index (χ4n) is 0.397. The molecule has 0 atom stereocenters. The zero-order valence-electron chi connectivity index (χ0n) is 4.46. The van der Waals surface area contributed by atoms with Gasteiger partial charge in [0.1, 0.15) is 4.91 Å². The first kappa shape index (κ1) is 6.50. The van der Waals surface area contributed by atoms with Gasteiger partial charge < -0.3 is 12.8 Å². The van der Waals surface area contributed by atoms with Crippen LogP contribution in [0.2, 0.25) is 0 Å². The van der Waals surface area contributed by atoms with Crippen molar-refractivity contribution in [1.29, 1.82) is 0 Å². The second-order valence-corrected chi connectivity index (χ2v) is 2.31. The molecule has 0 unspecified atom stereocenters. The third kappa shape index (κ3) is 1.19. The van der Waals surface area contributed by atoms with Gasteiger partial charge in [0.2, 0.25) is 0 Å². The Morgan fingerprint density at radius 2 is 2.44 bits per heavy atom. The van der Waals surface area contributed by atoms with Crippen LogP contribution < -0.4 is 16.7 Å². The van der Waals surface area contributed by atoms with Crippen molar-refractivity contribution in [2.24, 2.45) is 5.73 Å². The first-order chi connectivity index (χ1) is 4.22. The van der Waals surface area contributed by atoms with Gasteiger partial charge in [0, 0.05) is 6.20 Å². The van der Waals surface area contributed by atoms with Crippen molar-refractivity contribution in [3.63, 3.8) is 0 Å². The Balaban J connectivity index is 2.88. The summed E-state index contributed by atoms with van der Waals surface area (Å²) in [5.74, 6) is 0.423. The number of nitrogens with zero attached hydrogens (tertiary/aromatic N) is 1. The van der Waals surface area contributed by atoms with E-state index in [2.05, 4.69) is 23.6 Å². The lowest BCUT2D eigenvalue weighted by molar-refractivity contribution is -0.433. The summed E-state index contributed by atoms with van der Waals surface area (Å²) in [7, 11) is 0. The van der Waals surface area contributed by atoms with Crippen molar-refractivity contribution in [1.82, 2.24) is 11.0 Å². The molecule has 0 spiro atoms. The van der Waals surface area contributed by atoms with Crippen LogP contribution in [0.5, 0.6) is 0 Å². The summed E-state index contributed by atoms with van der Waals surface area (Å²) in [5, 5.41) is 0. The number of hydrogen-bond donors (Lipinski definition) is 4. The molecule has 1 aliphatic rings. The molecule has 0 fully saturated rings. The number of thiol groups is 1. The number of rotatable bonds is 0. The Hall–Kier alpha value is -0.620. The number of nitrogens with one attached hydrogen (secondary N) is 2. The standard InChI is InChI=1S/C3H6N4S2/c4-3-2(8)1-5-6-7(3)9/h1,5-6,8H,4H2. The third-order valence-corrected chi connectivity index (χ3v) is 1.50. The fourth-order valence-corrected chi connectivity index (χ4v) is 0.781. The average Bonchev–Trinajstić information content (AvgIpc) is 1.83. The van der Waals surface area contributed by atoms with Gasteiger partial charge in [-0.2, -0.15) is 5.53 Å². The van der Waals surface area contributed by atoms with Crippen LogP contribution in [0, 0.1) is 0 Å². The normalized spacial score (nSPS) is 18.1. The van der Waals surface area contributed by atoms with Gasteiger partial charge in [-0.1, -0.05) is 0 Å². The Labute approximate surface area is 63.7 Å². The van der Waals surface area contributed by atoms with Crippen LogP contribution in [-0.2, 0) is 12.8 Å². The van der Waals surface area contributed by atoms with E-state index in [0.717, 1.165) is 0 Å². The van der Waals surface area contributed by atoms with E-state index >= 15 is 0 Å². The largest absolute Gasteiger partial charge is 0.527 e. The molecule has 0 aromatic carbocycles. The summed E-state index contributed by atoms with van der Waals surface area (Å²) in [6.45, 7) is 0. The van der Waals surface area contributed by atoms with Crippen LogP contribution in [0.4, 0.5) is 0 Å². The zero-order valence-corrected chi connectivity index (χ0v) is 6.17. The molecule has 6 heteroatoms. The molecular weight excluding hydrogens is 156 g/mol. The molecule has 0 bridgehead atoms. The van der Waals surface area contributed by atoms with E-state index in [4.69, 9.17) is 18.5 Å². The van der Waals surface area contributed by atoms with E-state index in [1.807, 2.05) is 0 Å². The molecule has 4 nitrogen and oxygen atoms in total. The summed E-state index contributed by atoms with van der Waals surface area (Å²) >= 11 is 8.70. The second-order valence-electron chi connectivity index (χ2n) is 1.47. The third-order valence-electron chi connectivity index (χ3n) is 0.856. The maximum atomic E-state index is 5.41. The van der Waals surface area contributed by atoms with Crippen molar-refractivity contribution >= 4 is 31.3 Å². The lowest BCUT2D eigenvalue weighted by Gasteiger charge is -2.18. The predicted octanol–water partition coefficient (Wildman–Crippen LogP) is -1.39. The van der Waals surface area contributed by atoms with Gasteiger partial charge >= 0.3 is 0 Å². The molecule has 1 heterocycles. The summed E-state index contributed by atoms with van der Waals surface area (Å²) < 4.78 is 1.22. The molecule has 1 aliphatic heterocycles. The van der Waals surface area contributed by atoms with E-state index in [1.165, 1.54) is 4.09 Å². The highest BCUT2D eigenvalue weighted by Crippen LogP contribution is 1.98. The number of hydrazine groups is 2. The van der Waals surface area contributed by atoms with E-state index < -0.39 is 0 Å². The van der Waals surface area contributed by atoms with Gasteiger partial charge in [0.25, 0.3) is 5.84 Å². The Morgan fingerprint density at radius 3 is 2.89 bits per heavy atom. The first-order valence-corrected chi connectivity index (χ1v) is 3.03. The highest BCUT2D eigenvalue weighted by molar-refractivity contribution is 7.85. The lowest BCUT2D eigenvalue weighted by atomic mass is 10.5. The molecule has 50 valence electrons. The highest BCUT2D eigenvalue weighted by atomic mass is 32.1. The minimum Gasteiger partial charge on any atom is -0.527 e. The van der Waals surface area contributed by atoms with Crippen LogP contribution in [0.3, 0.4) is 0 Å². The van der Waals surface area contributed by atoms with Gasteiger partial charge in [-0.05, 0) is 0 Å². The van der Waals surface area contributed by atoms with Crippen LogP contribution in [0.25, 0.3) is 0 Å². The van der Waals surface area contributed by atoms with Crippen molar-refractivity contribution in [3.8, 4) is 0 Å². The summed E-state index contributed by atoms with van der Waals surface area (Å²) in [5.41, 5.74) is 10.6. The molecule has 0 radical (unpaired) electrons. The van der Waals surface area contributed by atoms with Gasteiger partial charge in [-0.25, -0.2) is 0 Å². The maximum absolute atomic E-state index is 5.41. The molecule has 0 aromatic heterocycles. The highest BCUT2D eigenvalue weighted by Gasteiger charge is 2.07. The Morgan fingerprint density at radius 1 is 1.78 bits per heavy atom. The molecule has 0 amide bonds. The average molecular weight is 162 g/mol. The van der Waals surface area contributed by atoms with Gasteiger partial charge in [-0.3, -0.25) is 15.2 Å². The van der Waals surface area contributed by atoms with Crippen molar-refractivity contribution in [3.05, 3.63) is 11.1 Å². The molecule has 1 rings (SSSR count). The monoisotopic (exact) mass is 162 g/mol. The van der Waals surface area contributed by atoms with Crippen molar-refractivity contribution < 1.29 is 4.09 Å². The number of amidine groups is 1. The van der Waals surface area contributed by atoms with Crippen LogP contribution in [0.15, 0.2) is 11.1 Å². The lowest BCUT2D eigenvalue weighted by Crippen LogP contribution is -2.45. The van der Waals surface area contributed by atoms with Crippen LogP contribution in [0.1, 0.15) is 0 Å². The Kier molecular flexibility index (Phi) is 1.68.